The minimum absolute atomic E-state index is 0.201. The number of amides is 1. The molecule has 1 aliphatic heterocycles. The lowest BCUT2D eigenvalue weighted by molar-refractivity contribution is 0.0652. The molecule has 0 aliphatic carbocycles. The summed E-state index contributed by atoms with van der Waals surface area (Å²) in [6, 6.07) is 5.60. The molecule has 126 valence electrons. The molecule has 0 radical (unpaired) electrons. The Morgan fingerprint density at radius 1 is 1.25 bits per heavy atom. The van der Waals surface area contributed by atoms with E-state index in [0.29, 0.717) is 23.9 Å². The molecule has 24 heavy (non-hydrogen) atoms. The Hall–Kier alpha value is -2.47. The zero-order chi connectivity index (χ0) is 17.3. The van der Waals surface area contributed by atoms with E-state index in [9.17, 15) is 14.0 Å². The number of rotatable bonds is 3. The van der Waals surface area contributed by atoms with Crippen LogP contribution in [0.25, 0.3) is 10.8 Å². The number of likely N-dealkylation sites (N-methyl/N-ethyl adjacent to an activating group) is 1. The molecule has 0 unspecified atom stereocenters. The van der Waals surface area contributed by atoms with Gasteiger partial charge in [0, 0.05) is 38.1 Å². The molecule has 1 fully saturated rings. The quantitative estimate of drug-likeness (QED) is 0.806. The second-order valence-corrected chi connectivity index (χ2v) is 6.06. The number of halogens is 1. The predicted molar refractivity (Wildman–Crippen MR) is 91.8 cm³/mol. The second kappa shape index (κ2) is 6.57. The van der Waals surface area contributed by atoms with Gasteiger partial charge in [-0.15, -0.1) is 6.58 Å². The van der Waals surface area contributed by atoms with Crippen LogP contribution in [0.2, 0.25) is 0 Å². The van der Waals surface area contributed by atoms with Crippen LogP contribution >= 0.6 is 0 Å². The summed E-state index contributed by atoms with van der Waals surface area (Å²) in [7, 11) is 2.01. The average molecular weight is 329 g/mol. The van der Waals surface area contributed by atoms with E-state index in [2.05, 4.69) is 11.5 Å². The minimum atomic E-state index is -0.429. The maximum Gasteiger partial charge on any atom is 0.270 e. The topological polar surface area (TPSA) is 45.6 Å². The predicted octanol–water partition coefficient (Wildman–Crippen LogP) is 1.71. The zero-order valence-electron chi connectivity index (χ0n) is 13.7. The molecule has 0 spiro atoms. The highest BCUT2D eigenvalue weighted by Crippen LogP contribution is 2.16. The van der Waals surface area contributed by atoms with Gasteiger partial charge >= 0.3 is 0 Å². The molecule has 0 atom stereocenters. The highest BCUT2D eigenvalue weighted by Gasteiger charge is 2.23. The van der Waals surface area contributed by atoms with Gasteiger partial charge in [-0.3, -0.25) is 14.2 Å². The van der Waals surface area contributed by atoms with Gasteiger partial charge in [0.05, 0.1) is 0 Å². The first-order valence-corrected chi connectivity index (χ1v) is 7.93. The van der Waals surface area contributed by atoms with Crippen molar-refractivity contribution in [2.75, 3.05) is 33.2 Å². The van der Waals surface area contributed by atoms with Crippen molar-refractivity contribution in [2.45, 2.75) is 6.54 Å². The fourth-order valence-corrected chi connectivity index (χ4v) is 2.99. The Morgan fingerprint density at radius 2 is 1.96 bits per heavy atom. The Labute approximate surface area is 139 Å². The van der Waals surface area contributed by atoms with Crippen molar-refractivity contribution in [3.05, 3.63) is 58.8 Å². The van der Waals surface area contributed by atoms with Gasteiger partial charge in [-0.1, -0.05) is 6.08 Å². The van der Waals surface area contributed by atoms with E-state index in [1.807, 2.05) is 7.05 Å². The number of fused-ring (bicyclic) bond motifs is 1. The molecular weight excluding hydrogens is 309 g/mol. The molecule has 5 nitrogen and oxygen atoms in total. The molecule has 0 bridgehead atoms. The Kier molecular flexibility index (Phi) is 4.49. The molecule has 0 saturated carbocycles. The van der Waals surface area contributed by atoms with Crippen LogP contribution in [0.4, 0.5) is 4.39 Å². The highest BCUT2D eigenvalue weighted by molar-refractivity contribution is 5.96. The number of carbonyl (C=O) groups is 1. The van der Waals surface area contributed by atoms with Crippen molar-refractivity contribution >= 4 is 16.7 Å². The van der Waals surface area contributed by atoms with Gasteiger partial charge in [0.15, 0.2) is 0 Å². The van der Waals surface area contributed by atoms with Gasteiger partial charge in [0.25, 0.3) is 11.5 Å². The van der Waals surface area contributed by atoms with Gasteiger partial charge in [-0.05, 0) is 36.7 Å². The van der Waals surface area contributed by atoms with Crippen molar-refractivity contribution in [3.63, 3.8) is 0 Å². The van der Waals surface area contributed by atoms with Crippen LogP contribution in [0, 0.1) is 5.82 Å². The summed E-state index contributed by atoms with van der Waals surface area (Å²) in [5.41, 5.74) is -0.0209. The number of benzene rings is 1. The third-order valence-corrected chi connectivity index (χ3v) is 4.39. The first-order chi connectivity index (χ1) is 11.5. The number of hydrogen-bond acceptors (Lipinski definition) is 3. The molecule has 1 aromatic heterocycles. The fourth-order valence-electron chi connectivity index (χ4n) is 2.99. The summed E-state index contributed by atoms with van der Waals surface area (Å²) >= 11 is 0. The Morgan fingerprint density at radius 3 is 2.62 bits per heavy atom. The van der Waals surface area contributed by atoms with Gasteiger partial charge in [0.1, 0.15) is 11.5 Å². The Balaban J connectivity index is 2.11. The summed E-state index contributed by atoms with van der Waals surface area (Å²) in [4.78, 5) is 29.5. The summed E-state index contributed by atoms with van der Waals surface area (Å²) in [5.74, 6) is -0.630. The van der Waals surface area contributed by atoms with Gasteiger partial charge in [0.2, 0.25) is 0 Å². The fraction of sp³-hybridized carbons (Fsp3) is 0.333. The molecule has 1 aromatic carbocycles. The smallest absolute Gasteiger partial charge is 0.270 e. The lowest BCUT2D eigenvalue weighted by Crippen LogP contribution is -2.48. The third-order valence-electron chi connectivity index (χ3n) is 4.39. The number of nitrogens with zero attached hydrogens (tertiary/aromatic N) is 3. The van der Waals surface area contributed by atoms with Crippen LogP contribution < -0.4 is 5.56 Å². The van der Waals surface area contributed by atoms with E-state index in [4.69, 9.17) is 0 Å². The molecular formula is C18H20FN3O2. The first kappa shape index (κ1) is 16.4. The van der Waals surface area contributed by atoms with Crippen LogP contribution in [-0.2, 0) is 6.54 Å². The summed E-state index contributed by atoms with van der Waals surface area (Å²) in [6.45, 7) is 6.70. The van der Waals surface area contributed by atoms with E-state index in [1.54, 1.807) is 17.0 Å². The van der Waals surface area contributed by atoms with Crippen LogP contribution in [-0.4, -0.2) is 53.5 Å². The van der Waals surface area contributed by atoms with Crippen molar-refractivity contribution in [3.8, 4) is 0 Å². The van der Waals surface area contributed by atoms with E-state index in [0.717, 1.165) is 13.1 Å². The summed E-state index contributed by atoms with van der Waals surface area (Å²) in [5, 5.41) is 0.839. The maximum absolute atomic E-state index is 13.5. The Bertz CT molecular complexity index is 851. The number of pyridine rings is 1. The van der Waals surface area contributed by atoms with Crippen LogP contribution in [0.1, 0.15) is 10.5 Å². The van der Waals surface area contributed by atoms with E-state index < -0.39 is 5.82 Å². The zero-order valence-corrected chi connectivity index (χ0v) is 13.7. The number of aromatic nitrogens is 1. The maximum atomic E-state index is 13.5. The van der Waals surface area contributed by atoms with E-state index >= 15 is 0 Å². The second-order valence-electron chi connectivity index (χ2n) is 6.06. The molecule has 1 amide bonds. The van der Waals surface area contributed by atoms with Crippen molar-refractivity contribution in [2.24, 2.45) is 0 Å². The lowest BCUT2D eigenvalue weighted by Gasteiger charge is -2.32. The van der Waals surface area contributed by atoms with Crippen molar-refractivity contribution in [1.82, 2.24) is 14.4 Å². The monoisotopic (exact) mass is 329 g/mol. The van der Waals surface area contributed by atoms with Gasteiger partial charge in [-0.25, -0.2) is 4.39 Å². The molecule has 1 saturated heterocycles. The van der Waals surface area contributed by atoms with Gasteiger partial charge < -0.3 is 9.80 Å². The van der Waals surface area contributed by atoms with Crippen LogP contribution in [0.15, 0.2) is 41.7 Å². The van der Waals surface area contributed by atoms with E-state index in [1.165, 1.54) is 22.8 Å². The lowest BCUT2D eigenvalue weighted by atomic mass is 10.1. The number of piperazine rings is 1. The largest absolute Gasteiger partial charge is 0.335 e. The highest BCUT2D eigenvalue weighted by atomic mass is 19.1. The average Bonchev–Trinajstić information content (AvgIpc) is 2.57. The SMILES string of the molecule is C=CCn1c(C(=O)N2CCN(C)CC2)cc2cc(F)ccc2c1=O. The van der Waals surface area contributed by atoms with Crippen molar-refractivity contribution < 1.29 is 9.18 Å². The molecule has 1 aliphatic rings. The summed E-state index contributed by atoms with van der Waals surface area (Å²) < 4.78 is 14.9. The summed E-state index contributed by atoms with van der Waals surface area (Å²) in [6.07, 6.45) is 1.58. The molecule has 0 N–H and O–H groups in total. The van der Waals surface area contributed by atoms with Crippen LogP contribution in [0.5, 0.6) is 0 Å². The number of hydrogen-bond donors (Lipinski definition) is 0. The minimum Gasteiger partial charge on any atom is -0.335 e. The molecule has 6 heteroatoms. The number of carbonyl (C=O) groups excluding carboxylic acids is 1. The third kappa shape index (κ3) is 2.97. The molecule has 3 rings (SSSR count). The van der Waals surface area contributed by atoms with E-state index in [-0.39, 0.29) is 23.7 Å². The standard InChI is InChI=1S/C18H20FN3O2/c1-3-6-22-16(18(24)21-9-7-20(2)8-10-21)12-13-11-14(19)4-5-15(13)17(22)23/h3-5,11-12H,1,6-10H2,2H3. The normalized spacial score (nSPS) is 15.7. The first-order valence-electron chi connectivity index (χ1n) is 7.93. The number of allylic oxidation sites excluding steroid dienone is 1. The van der Waals surface area contributed by atoms with Crippen LogP contribution in [0.3, 0.4) is 0 Å². The van der Waals surface area contributed by atoms with Crippen molar-refractivity contribution in [1.29, 1.82) is 0 Å². The molecule has 2 heterocycles. The van der Waals surface area contributed by atoms with Gasteiger partial charge in [-0.2, -0.15) is 0 Å². The molecule has 2 aromatic rings.